The number of aromatic amines is 1. The molecule has 0 aliphatic rings. The Kier molecular flexibility index (Phi) is 5.11. The average Bonchev–Trinajstić information content (AvgIpc) is 3.12. The molecule has 0 fully saturated rings. The summed E-state index contributed by atoms with van der Waals surface area (Å²) in [7, 11) is 4.03. The molecule has 1 atom stereocenters. The number of nitrogens with one attached hydrogen (secondary N) is 1. The molecule has 1 N–H and O–H groups in total. The van der Waals surface area contributed by atoms with Gasteiger partial charge in [-0.15, -0.1) is 0 Å². The SMILES string of the molecule is CN(C)c1ccc(C(c2ccc([N+](=O)[O-])cc2)c2c[nH]c3ccc(Br)cc23)cc1. The minimum absolute atomic E-state index is 0.0462. The molecule has 0 saturated heterocycles. The van der Waals surface area contributed by atoms with Gasteiger partial charge in [-0.2, -0.15) is 0 Å². The van der Waals surface area contributed by atoms with Crippen molar-refractivity contribution in [2.45, 2.75) is 5.92 Å². The van der Waals surface area contributed by atoms with E-state index in [0.717, 1.165) is 37.8 Å². The molecule has 5 nitrogen and oxygen atoms in total. The first-order valence-corrected chi connectivity index (χ1v) is 10.0. The predicted octanol–water partition coefficient (Wildman–Crippen LogP) is 6.08. The fraction of sp³-hybridized carbons (Fsp3) is 0.130. The van der Waals surface area contributed by atoms with E-state index in [4.69, 9.17) is 0 Å². The van der Waals surface area contributed by atoms with Gasteiger partial charge in [0.15, 0.2) is 0 Å². The fourth-order valence-electron chi connectivity index (χ4n) is 3.66. The van der Waals surface area contributed by atoms with E-state index in [0.29, 0.717) is 0 Å². The van der Waals surface area contributed by atoms with E-state index in [2.05, 4.69) is 56.1 Å². The Hall–Kier alpha value is -3.12. The smallest absolute Gasteiger partial charge is 0.269 e. The Morgan fingerprint density at radius 3 is 2.17 bits per heavy atom. The second-order valence-corrected chi connectivity index (χ2v) is 8.12. The topological polar surface area (TPSA) is 62.2 Å². The normalized spacial score (nSPS) is 12.1. The number of nitro benzene ring substituents is 1. The molecule has 6 heteroatoms. The quantitative estimate of drug-likeness (QED) is 0.296. The molecule has 0 aliphatic heterocycles. The van der Waals surface area contributed by atoms with Gasteiger partial charge < -0.3 is 9.88 Å². The third-order valence-corrected chi connectivity index (χ3v) is 5.66. The second-order valence-electron chi connectivity index (χ2n) is 7.20. The van der Waals surface area contributed by atoms with Crippen LogP contribution in [0.5, 0.6) is 0 Å². The lowest BCUT2D eigenvalue weighted by molar-refractivity contribution is -0.384. The summed E-state index contributed by atoms with van der Waals surface area (Å²) in [5, 5.41) is 12.2. The van der Waals surface area contributed by atoms with Crippen LogP contribution in [-0.2, 0) is 0 Å². The minimum Gasteiger partial charge on any atom is -0.378 e. The summed E-state index contributed by atoms with van der Waals surface area (Å²) in [6.45, 7) is 0. The van der Waals surface area contributed by atoms with Crippen molar-refractivity contribution in [2.24, 2.45) is 0 Å². The molecule has 1 unspecified atom stereocenters. The van der Waals surface area contributed by atoms with Crippen LogP contribution in [0.3, 0.4) is 0 Å². The van der Waals surface area contributed by atoms with Crippen LogP contribution in [-0.4, -0.2) is 24.0 Å². The highest BCUT2D eigenvalue weighted by molar-refractivity contribution is 9.10. The molecule has 0 radical (unpaired) electrons. The highest BCUT2D eigenvalue weighted by atomic mass is 79.9. The molecule has 29 heavy (non-hydrogen) atoms. The zero-order valence-electron chi connectivity index (χ0n) is 16.1. The van der Waals surface area contributed by atoms with Gasteiger partial charge in [-0.05, 0) is 47.0 Å². The monoisotopic (exact) mass is 449 g/mol. The van der Waals surface area contributed by atoms with Crippen LogP contribution in [0.1, 0.15) is 22.6 Å². The number of aromatic nitrogens is 1. The number of halogens is 1. The molecule has 1 aromatic heterocycles. The van der Waals surface area contributed by atoms with Gasteiger partial charge in [-0.3, -0.25) is 10.1 Å². The van der Waals surface area contributed by atoms with E-state index in [1.54, 1.807) is 12.1 Å². The van der Waals surface area contributed by atoms with Gasteiger partial charge >= 0.3 is 0 Å². The number of hydrogen-bond acceptors (Lipinski definition) is 3. The Labute approximate surface area is 177 Å². The summed E-state index contributed by atoms with van der Waals surface area (Å²) in [6.07, 6.45) is 2.03. The molecule has 4 aromatic rings. The second kappa shape index (κ2) is 7.72. The molecule has 146 valence electrons. The molecule has 0 saturated carbocycles. The van der Waals surface area contributed by atoms with Crippen molar-refractivity contribution in [2.75, 3.05) is 19.0 Å². The van der Waals surface area contributed by atoms with Crippen LogP contribution >= 0.6 is 15.9 Å². The Balaban J connectivity index is 1.88. The van der Waals surface area contributed by atoms with Gasteiger partial charge in [0.1, 0.15) is 0 Å². The number of nitrogens with zero attached hydrogens (tertiary/aromatic N) is 2. The number of non-ortho nitro benzene ring substituents is 1. The zero-order valence-corrected chi connectivity index (χ0v) is 17.7. The summed E-state index contributed by atoms with van der Waals surface area (Å²) in [4.78, 5) is 16.1. The summed E-state index contributed by atoms with van der Waals surface area (Å²) in [5.41, 5.74) is 5.54. The third-order valence-electron chi connectivity index (χ3n) is 5.17. The van der Waals surface area contributed by atoms with Crippen LogP contribution in [0.4, 0.5) is 11.4 Å². The lowest BCUT2D eigenvalue weighted by Crippen LogP contribution is -2.09. The number of benzene rings is 3. The first kappa shape index (κ1) is 19.2. The Bertz CT molecular complexity index is 1170. The molecule has 0 bridgehead atoms. The number of H-pyrrole nitrogens is 1. The van der Waals surface area contributed by atoms with Crippen molar-refractivity contribution in [1.82, 2.24) is 4.98 Å². The molecule has 0 amide bonds. The van der Waals surface area contributed by atoms with E-state index in [1.165, 1.54) is 0 Å². The molecule has 0 spiro atoms. The minimum atomic E-state index is -0.368. The first-order chi connectivity index (χ1) is 13.9. The average molecular weight is 450 g/mol. The maximum Gasteiger partial charge on any atom is 0.269 e. The molecule has 0 aliphatic carbocycles. The van der Waals surface area contributed by atoms with Gasteiger partial charge in [0.2, 0.25) is 0 Å². The lowest BCUT2D eigenvalue weighted by atomic mass is 9.85. The van der Waals surface area contributed by atoms with Gasteiger partial charge in [-0.1, -0.05) is 40.2 Å². The number of hydrogen-bond donors (Lipinski definition) is 1. The summed E-state index contributed by atoms with van der Waals surface area (Å²) < 4.78 is 1.01. The molecular weight excluding hydrogens is 430 g/mol. The lowest BCUT2D eigenvalue weighted by Gasteiger charge is -2.20. The molecular formula is C23H20BrN3O2. The van der Waals surface area contributed by atoms with E-state index >= 15 is 0 Å². The van der Waals surface area contributed by atoms with Crippen LogP contribution in [0.25, 0.3) is 10.9 Å². The van der Waals surface area contributed by atoms with E-state index in [1.807, 2.05) is 44.6 Å². The molecule has 3 aromatic carbocycles. The van der Waals surface area contributed by atoms with Crippen molar-refractivity contribution in [3.63, 3.8) is 0 Å². The van der Waals surface area contributed by atoms with Crippen LogP contribution in [0, 0.1) is 10.1 Å². The molecule has 1 heterocycles. The highest BCUT2D eigenvalue weighted by Crippen LogP contribution is 2.38. The highest BCUT2D eigenvalue weighted by Gasteiger charge is 2.21. The number of anilines is 1. The van der Waals surface area contributed by atoms with Crippen molar-refractivity contribution in [3.8, 4) is 0 Å². The van der Waals surface area contributed by atoms with Crippen molar-refractivity contribution >= 4 is 38.2 Å². The predicted molar refractivity (Wildman–Crippen MR) is 121 cm³/mol. The first-order valence-electron chi connectivity index (χ1n) is 9.22. The van der Waals surface area contributed by atoms with E-state index in [9.17, 15) is 10.1 Å². The standard InChI is InChI=1S/C23H20BrN3O2/c1-26(2)18-8-3-15(4-9-18)23(16-5-10-19(11-6-16)27(28)29)21-14-25-22-12-7-17(24)13-20(21)22/h3-14,23,25H,1-2H3. The number of nitro groups is 1. The van der Waals surface area contributed by atoms with Gasteiger partial charge in [0.05, 0.1) is 4.92 Å². The maximum atomic E-state index is 11.1. The summed E-state index contributed by atoms with van der Waals surface area (Å²) in [6, 6.07) is 21.4. The van der Waals surface area contributed by atoms with Gasteiger partial charge in [0, 0.05) is 59.4 Å². The van der Waals surface area contributed by atoms with Crippen molar-refractivity contribution in [1.29, 1.82) is 0 Å². The van der Waals surface area contributed by atoms with Crippen LogP contribution < -0.4 is 4.90 Å². The van der Waals surface area contributed by atoms with Crippen molar-refractivity contribution in [3.05, 3.63) is 104 Å². The maximum absolute atomic E-state index is 11.1. The number of rotatable bonds is 5. The Morgan fingerprint density at radius 2 is 1.59 bits per heavy atom. The zero-order chi connectivity index (χ0) is 20.5. The summed E-state index contributed by atoms with van der Waals surface area (Å²) in [5.74, 6) is -0.0462. The largest absolute Gasteiger partial charge is 0.378 e. The van der Waals surface area contributed by atoms with E-state index < -0.39 is 0 Å². The number of fused-ring (bicyclic) bond motifs is 1. The Morgan fingerprint density at radius 1 is 0.966 bits per heavy atom. The van der Waals surface area contributed by atoms with Crippen LogP contribution in [0.2, 0.25) is 0 Å². The van der Waals surface area contributed by atoms with Gasteiger partial charge in [-0.25, -0.2) is 0 Å². The third kappa shape index (κ3) is 3.76. The van der Waals surface area contributed by atoms with Crippen molar-refractivity contribution < 1.29 is 4.92 Å². The van der Waals surface area contributed by atoms with E-state index in [-0.39, 0.29) is 16.5 Å². The summed E-state index contributed by atoms with van der Waals surface area (Å²) >= 11 is 3.57. The fourth-order valence-corrected chi connectivity index (χ4v) is 4.02. The molecule has 4 rings (SSSR count). The van der Waals surface area contributed by atoms with Crippen LogP contribution in [0.15, 0.2) is 77.4 Å². The van der Waals surface area contributed by atoms with Gasteiger partial charge in [0.25, 0.3) is 5.69 Å².